The molecule has 2 rings (SSSR count). The van der Waals surface area contributed by atoms with Crippen molar-refractivity contribution in [3.05, 3.63) is 24.0 Å². The van der Waals surface area contributed by atoms with Gasteiger partial charge in [-0.3, -0.25) is 4.68 Å². The van der Waals surface area contributed by atoms with E-state index >= 15 is 0 Å². The normalized spacial score (nSPS) is 10.5. The molecule has 0 fully saturated rings. The Kier molecular flexibility index (Phi) is 2.42. The van der Waals surface area contributed by atoms with Crippen LogP contribution in [0.15, 0.2) is 12.5 Å². The maximum Gasteiger partial charge on any atom is 0.208 e. The van der Waals surface area contributed by atoms with Crippen molar-refractivity contribution < 1.29 is 0 Å². The fourth-order valence-electron chi connectivity index (χ4n) is 1.12. The number of thiocarbonyl (C=S) groups is 1. The molecule has 7 nitrogen and oxygen atoms in total. The van der Waals surface area contributed by atoms with Crippen LogP contribution in [0.1, 0.15) is 11.5 Å². The highest BCUT2D eigenvalue weighted by Gasteiger charge is 2.05. The SMILES string of the molecule is Cn1cc(Cn2cnc(C(N)=S)n2)nn1. The lowest BCUT2D eigenvalue weighted by atomic mass is 10.5. The van der Waals surface area contributed by atoms with E-state index in [4.69, 9.17) is 18.0 Å². The molecule has 0 saturated heterocycles. The van der Waals surface area contributed by atoms with Gasteiger partial charge in [0.1, 0.15) is 17.0 Å². The van der Waals surface area contributed by atoms with Crippen LogP contribution in [0.2, 0.25) is 0 Å². The van der Waals surface area contributed by atoms with Crippen LogP contribution in [0.3, 0.4) is 0 Å². The molecule has 0 aromatic carbocycles. The third-order valence-electron chi connectivity index (χ3n) is 1.73. The quantitative estimate of drug-likeness (QED) is 0.678. The summed E-state index contributed by atoms with van der Waals surface area (Å²) < 4.78 is 3.24. The van der Waals surface area contributed by atoms with Gasteiger partial charge >= 0.3 is 0 Å². The molecule has 2 aromatic heterocycles. The second-order valence-electron chi connectivity index (χ2n) is 3.01. The number of rotatable bonds is 3. The summed E-state index contributed by atoms with van der Waals surface area (Å²) in [5.74, 6) is 0.369. The minimum atomic E-state index is 0.188. The summed E-state index contributed by atoms with van der Waals surface area (Å²) in [5, 5.41) is 11.8. The Labute approximate surface area is 90.9 Å². The van der Waals surface area contributed by atoms with Crippen LogP contribution in [0.5, 0.6) is 0 Å². The van der Waals surface area contributed by atoms with Gasteiger partial charge in [0.15, 0.2) is 0 Å². The Morgan fingerprint density at radius 3 is 2.93 bits per heavy atom. The van der Waals surface area contributed by atoms with Crippen molar-refractivity contribution in [1.82, 2.24) is 29.8 Å². The molecule has 0 atom stereocenters. The Bertz CT molecular complexity index is 485. The molecular weight excluding hydrogens is 214 g/mol. The first kappa shape index (κ1) is 9.71. The van der Waals surface area contributed by atoms with Crippen molar-refractivity contribution in [2.75, 3.05) is 0 Å². The first-order valence-electron chi connectivity index (χ1n) is 4.19. The van der Waals surface area contributed by atoms with Gasteiger partial charge < -0.3 is 5.73 Å². The van der Waals surface area contributed by atoms with E-state index < -0.39 is 0 Å². The van der Waals surface area contributed by atoms with Gasteiger partial charge in [-0.2, -0.15) is 0 Å². The molecule has 0 amide bonds. The van der Waals surface area contributed by atoms with Crippen molar-refractivity contribution in [2.24, 2.45) is 12.8 Å². The van der Waals surface area contributed by atoms with E-state index in [1.165, 1.54) is 0 Å². The molecule has 0 aliphatic heterocycles. The Morgan fingerprint density at radius 1 is 1.60 bits per heavy atom. The van der Waals surface area contributed by atoms with Crippen molar-refractivity contribution in [2.45, 2.75) is 6.54 Å². The van der Waals surface area contributed by atoms with Gasteiger partial charge in [-0.25, -0.2) is 9.67 Å². The summed E-state index contributed by atoms with van der Waals surface area (Å²) in [6.07, 6.45) is 3.37. The third kappa shape index (κ3) is 2.15. The van der Waals surface area contributed by atoms with E-state index in [-0.39, 0.29) is 4.99 Å². The predicted molar refractivity (Wildman–Crippen MR) is 56.0 cm³/mol. The molecule has 15 heavy (non-hydrogen) atoms. The maximum atomic E-state index is 5.39. The number of hydrogen-bond acceptors (Lipinski definition) is 5. The van der Waals surface area contributed by atoms with Crippen LogP contribution in [0, 0.1) is 0 Å². The van der Waals surface area contributed by atoms with Gasteiger partial charge in [-0.1, -0.05) is 17.4 Å². The lowest BCUT2D eigenvalue weighted by molar-refractivity contribution is 0.664. The minimum absolute atomic E-state index is 0.188. The summed E-state index contributed by atoms with van der Waals surface area (Å²) in [5.41, 5.74) is 6.19. The van der Waals surface area contributed by atoms with Gasteiger partial charge in [0.25, 0.3) is 0 Å². The van der Waals surface area contributed by atoms with Crippen LogP contribution < -0.4 is 5.73 Å². The molecule has 0 spiro atoms. The Hall–Kier alpha value is -1.83. The highest BCUT2D eigenvalue weighted by molar-refractivity contribution is 7.80. The number of hydrogen-bond donors (Lipinski definition) is 1. The maximum absolute atomic E-state index is 5.39. The molecule has 0 bridgehead atoms. The van der Waals surface area contributed by atoms with Crippen molar-refractivity contribution >= 4 is 17.2 Å². The van der Waals surface area contributed by atoms with Gasteiger partial charge in [0, 0.05) is 13.2 Å². The molecular formula is C7H9N7S. The van der Waals surface area contributed by atoms with E-state index in [9.17, 15) is 0 Å². The number of nitrogens with two attached hydrogens (primary N) is 1. The Balaban J connectivity index is 2.14. The predicted octanol–water partition coefficient (Wildman–Crippen LogP) is -0.911. The first-order valence-corrected chi connectivity index (χ1v) is 4.60. The molecule has 2 aromatic rings. The number of nitrogens with zero attached hydrogens (tertiary/aromatic N) is 6. The van der Waals surface area contributed by atoms with Gasteiger partial charge in [-0.05, 0) is 0 Å². The second kappa shape index (κ2) is 3.73. The molecule has 8 heteroatoms. The van der Waals surface area contributed by atoms with Crippen molar-refractivity contribution in [3.8, 4) is 0 Å². The lowest BCUT2D eigenvalue weighted by Gasteiger charge is -1.94. The standard InChI is InChI=1S/C7H9N7S/c1-13-2-5(10-12-13)3-14-4-9-7(11-14)6(8)15/h2,4H,3H2,1H3,(H2,8,15). The zero-order chi connectivity index (χ0) is 10.8. The molecule has 0 aliphatic rings. The van der Waals surface area contributed by atoms with Crippen LogP contribution in [-0.2, 0) is 13.6 Å². The summed E-state index contributed by atoms with van der Waals surface area (Å²) in [7, 11) is 1.80. The lowest BCUT2D eigenvalue weighted by Crippen LogP contribution is -2.12. The van der Waals surface area contributed by atoms with Gasteiger partial charge in [0.2, 0.25) is 5.82 Å². The summed E-state index contributed by atoms with van der Waals surface area (Å²) >= 11 is 4.75. The highest BCUT2D eigenvalue weighted by Crippen LogP contribution is 1.96. The fraction of sp³-hybridized carbons (Fsp3) is 0.286. The topological polar surface area (TPSA) is 87.4 Å². The largest absolute Gasteiger partial charge is 0.387 e. The number of aryl methyl sites for hydroxylation is 1. The first-order chi connectivity index (χ1) is 7.15. The van der Waals surface area contributed by atoms with Crippen LogP contribution in [-0.4, -0.2) is 34.7 Å². The zero-order valence-electron chi connectivity index (χ0n) is 8.03. The van der Waals surface area contributed by atoms with E-state index in [0.717, 1.165) is 5.69 Å². The smallest absolute Gasteiger partial charge is 0.208 e. The monoisotopic (exact) mass is 223 g/mol. The average molecular weight is 223 g/mol. The molecule has 0 unspecified atom stereocenters. The summed E-state index contributed by atoms with van der Waals surface area (Å²) in [6, 6.07) is 0. The molecule has 2 heterocycles. The average Bonchev–Trinajstić information content (AvgIpc) is 2.76. The van der Waals surface area contributed by atoms with Crippen molar-refractivity contribution in [1.29, 1.82) is 0 Å². The van der Waals surface area contributed by atoms with Crippen molar-refractivity contribution in [3.63, 3.8) is 0 Å². The number of aromatic nitrogens is 6. The highest BCUT2D eigenvalue weighted by atomic mass is 32.1. The second-order valence-corrected chi connectivity index (χ2v) is 3.45. The molecule has 0 radical (unpaired) electrons. The fourth-order valence-corrected chi connectivity index (χ4v) is 1.21. The molecule has 2 N–H and O–H groups in total. The molecule has 0 saturated carbocycles. The summed E-state index contributed by atoms with van der Waals surface area (Å²) in [6.45, 7) is 0.503. The van der Waals surface area contributed by atoms with Crippen LogP contribution in [0.4, 0.5) is 0 Å². The van der Waals surface area contributed by atoms with E-state index in [2.05, 4.69) is 20.4 Å². The summed E-state index contributed by atoms with van der Waals surface area (Å²) in [4.78, 5) is 4.14. The third-order valence-corrected chi connectivity index (χ3v) is 1.91. The van der Waals surface area contributed by atoms with Gasteiger partial charge in [0.05, 0.1) is 6.54 Å². The van der Waals surface area contributed by atoms with Crippen LogP contribution in [0.25, 0.3) is 0 Å². The van der Waals surface area contributed by atoms with Gasteiger partial charge in [-0.15, -0.1) is 10.2 Å². The van der Waals surface area contributed by atoms with Crippen LogP contribution >= 0.6 is 12.2 Å². The van der Waals surface area contributed by atoms with E-state index in [0.29, 0.717) is 12.4 Å². The molecule has 78 valence electrons. The zero-order valence-corrected chi connectivity index (χ0v) is 8.85. The van der Waals surface area contributed by atoms with E-state index in [1.807, 2.05) is 6.20 Å². The van der Waals surface area contributed by atoms with E-state index in [1.54, 1.807) is 22.7 Å². The minimum Gasteiger partial charge on any atom is -0.387 e. The molecule has 0 aliphatic carbocycles. The Morgan fingerprint density at radius 2 is 2.40 bits per heavy atom.